The van der Waals surface area contributed by atoms with E-state index in [2.05, 4.69) is 0 Å². The Morgan fingerprint density at radius 3 is 2.38 bits per heavy atom. The molecule has 0 atom stereocenters. The van der Waals surface area contributed by atoms with E-state index in [0.717, 1.165) is 11.3 Å². The maximum atomic E-state index is 11.0. The number of carbonyl (C=O) groups is 1. The van der Waals surface area contributed by atoms with Crippen LogP contribution in [0.3, 0.4) is 0 Å². The molecule has 1 amide bonds. The van der Waals surface area contributed by atoms with Crippen LogP contribution in [0.1, 0.15) is 15.9 Å². The van der Waals surface area contributed by atoms with Crippen molar-refractivity contribution in [2.24, 2.45) is 10.9 Å². The minimum Gasteiger partial charge on any atom is -0.366 e. The molecule has 7 heteroatoms. The smallest absolute Gasteiger partial charge is 0.251 e. The van der Waals surface area contributed by atoms with Gasteiger partial charge in [-0.2, -0.15) is 0 Å². The summed E-state index contributed by atoms with van der Waals surface area (Å²) >= 11 is 0.898. The second-order valence-electron chi connectivity index (χ2n) is 2.49. The molecule has 0 saturated heterocycles. The van der Waals surface area contributed by atoms with E-state index in [1.807, 2.05) is 0 Å². The first kappa shape index (κ1) is 10.2. The summed E-state index contributed by atoms with van der Waals surface area (Å²) in [5, 5.41) is 6.41. The normalized spacial score (nSPS) is 11.5. The van der Waals surface area contributed by atoms with Gasteiger partial charge >= 0.3 is 0 Å². The fourth-order valence-corrected chi connectivity index (χ4v) is 2.93. The molecule has 13 heavy (non-hydrogen) atoms. The Kier molecular flexibility index (Phi) is 2.42. The van der Waals surface area contributed by atoms with Crippen LogP contribution in [0.15, 0.2) is 9.59 Å². The molecular formula is C6H8N2O3S2. The molecule has 0 aliphatic rings. The highest BCUT2D eigenvalue weighted by atomic mass is 32.2. The number of aryl methyl sites for hydroxylation is 1. The number of nitrogens with two attached hydrogens (primary N) is 2. The van der Waals surface area contributed by atoms with Crippen LogP contribution >= 0.6 is 11.3 Å². The van der Waals surface area contributed by atoms with Crippen LogP contribution in [0.4, 0.5) is 0 Å². The van der Waals surface area contributed by atoms with Crippen LogP contribution in [0.25, 0.3) is 0 Å². The van der Waals surface area contributed by atoms with Gasteiger partial charge in [0.1, 0.15) is 4.21 Å². The fraction of sp³-hybridized carbons (Fsp3) is 0.167. The van der Waals surface area contributed by atoms with Crippen LogP contribution in [0.5, 0.6) is 0 Å². The number of carbonyl (C=O) groups excluding carboxylic acids is 1. The minimum atomic E-state index is -3.84. The van der Waals surface area contributed by atoms with Crippen LogP contribution in [0.2, 0.25) is 0 Å². The molecule has 1 aromatic heterocycles. The second-order valence-corrected chi connectivity index (χ2v) is 5.13. The van der Waals surface area contributed by atoms with Crippen molar-refractivity contribution in [1.82, 2.24) is 0 Å². The van der Waals surface area contributed by atoms with Crippen LogP contribution in [0, 0.1) is 6.92 Å². The van der Waals surface area contributed by atoms with Crippen molar-refractivity contribution >= 4 is 27.3 Å². The van der Waals surface area contributed by atoms with Crippen LogP contribution < -0.4 is 10.9 Å². The van der Waals surface area contributed by atoms with Crippen molar-refractivity contribution < 1.29 is 13.2 Å². The molecule has 4 N–H and O–H groups in total. The maximum absolute atomic E-state index is 11.0. The molecule has 1 aromatic rings. The third kappa shape index (κ3) is 1.87. The van der Waals surface area contributed by atoms with Gasteiger partial charge in [-0.3, -0.25) is 4.79 Å². The van der Waals surface area contributed by atoms with Crippen molar-refractivity contribution in [3.8, 4) is 0 Å². The van der Waals surface area contributed by atoms with E-state index in [1.54, 1.807) is 6.92 Å². The third-order valence-corrected chi connectivity index (χ3v) is 4.04. The summed E-state index contributed by atoms with van der Waals surface area (Å²) in [5.74, 6) is -0.775. The summed E-state index contributed by atoms with van der Waals surface area (Å²) in [7, 11) is -3.84. The van der Waals surface area contributed by atoms with Crippen molar-refractivity contribution in [1.29, 1.82) is 0 Å². The number of primary sulfonamides is 1. The largest absolute Gasteiger partial charge is 0.366 e. The van der Waals surface area contributed by atoms with E-state index in [1.165, 1.54) is 5.38 Å². The number of thiophene rings is 1. The van der Waals surface area contributed by atoms with Crippen molar-refractivity contribution in [3.05, 3.63) is 16.5 Å². The summed E-state index contributed by atoms with van der Waals surface area (Å²) in [6.45, 7) is 1.60. The van der Waals surface area contributed by atoms with E-state index in [9.17, 15) is 13.2 Å². The average Bonchev–Trinajstić information content (AvgIpc) is 2.28. The fourth-order valence-electron chi connectivity index (χ4n) is 0.925. The average molecular weight is 220 g/mol. The van der Waals surface area contributed by atoms with Crippen molar-refractivity contribution in [2.75, 3.05) is 0 Å². The zero-order chi connectivity index (χ0) is 10.2. The molecule has 0 saturated carbocycles. The van der Waals surface area contributed by atoms with E-state index < -0.39 is 15.9 Å². The molecule has 0 radical (unpaired) electrons. The standard InChI is InChI=1S/C6H8N2O3S2/c1-3-2-12-6(13(8,10)11)4(3)5(7)9/h2H,1H3,(H2,7,9)(H2,8,10,11). The Morgan fingerprint density at radius 1 is 1.54 bits per heavy atom. The lowest BCUT2D eigenvalue weighted by atomic mass is 10.2. The van der Waals surface area contributed by atoms with Gasteiger partial charge in [-0.1, -0.05) is 0 Å². The van der Waals surface area contributed by atoms with Gasteiger partial charge in [0.2, 0.25) is 10.0 Å². The Labute approximate surface area is 79.4 Å². The highest BCUT2D eigenvalue weighted by molar-refractivity contribution is 7.91. The molecule has 0 fully saturated rings. The van der Waals surface area contributed by atoms with Gasteiger partial charge in [-0.15, -0.1) is 11.3 Å². The molecule has 0 spiro atoms. The van der Waals surface area contributed by atoms with Gasteiger partial charge in [0.15, 0.2) is 0 Å². The van der Waals surface area contributed by atoms with E-state index in [0.29, 0.717) is 5.56 Å². The second kappa shape index (κ2) is 3.09. The van der Waals surface area contributed by atoms with Crippen LogP contribution in [-0.4, -0.2) is 14.3 Å². The number of hydrogen-bond donors (Lipinski definition) is 2. The summed E-state index contributed by atoms with van der Waals surface area (Å²) in [5.41, 5.74) is 5.53. The quantitative estimate of drug-likeness (QED) is 0.721. The topological polar surface area (TPSA) is 103 Å². The van der Waals surface area contributed by atoms with E-state index >= 15 is 0 Å². The molecule has 1 heterocycles. The SMILES string of the molecule is Cc1csc(S(N)(=O)=O)c1C(N)=O. The van der Waals surface area contributed by atoms with Gasteiger partial charge in [0.05, 0.1) is 5.56 Å². The summed E-state index contributed by atoms with van der Waals surface area (Å²) in [6.07, 6.45) is 0. The molecule has 72 valence electrons. The first-order valence-electron chi connectivity index (χ1n) is 3.24. The Hall–Kier alpha value is -0.920. The lowest BCUT2D eigenvalue weighted by Crippen LogP contribution is -2.19. The molecule has 0 aliphatic heterocycles. The summed E-state index contributed by atoms with van der Waals surface area (Å²) < 4.78 is 21.7. The summed E-state index contributed by atoms with van der Waals surface area (Å²) in [4.78, 5) is 10.9. The van der Waals surface area contributed by atoms with Gasteiger partial charge in [0.25, 0.3) is 5.91 Å². The number of hydrogen-bond acceptors (Lipinski definition) is 4. The Morgan fingerprint density at radius 2 is 2.08 bits per heavy atom. The van der Waals surface area contributed by atoms with Gasteiger partial charge < -0.3 is 5.73 Å². The Bertz CT molecular complexity index is 446. The van der Waals surface area contributed by atoms with Crippen molar-refractivity contribution in [3.63, 3.8) is 0 Å². The lowest BCUT2D eigenvalue weighted by Gasteiger charge is -1.97. The first-order chi connectivity index (χ1) is 5.84. The molecule has 0 aromatic carbocycles. The van der Waals surface area contributed by atoms with Crippen LogP contribution in [-0.2, 0) is 10.0 Å². The monoisotopic (exact) mass is 220 g/mol. The highest BCUT2D eigenvalue weighted by Crippen LogP contribution is 2.24. The number of amides is 1. The highest BCUT2D eigenvalue weighted by Gasteiger charge is 2.21. The first-order valence-corrected chi connectivity index (χ1v) is 5.67. The van der Waals surface area contributed by atoms with E-state index in [-0.39, 0.29) is 9.77 Å². The molecular weight excluding hydrogens is 212 g/mol. The number of sulfonamides is 1. The lowest BCUT2D eigenvalue weighted by molar-refractivity contribution is 0.0997. The minimum absolute atomic E-state index is 0.00694. The third-order valence-electron chi connectivity index (χ3n) is 1.45. The molecule has 0 aliphatic carbocycles. The predicted octanol–water partition coefficient (Wildman–Crippen LogP) is -0.197. The van der Waals surface area contributed by atoms with Gasteiger partial charge in [-0.25, -0.2) is 13.6 Å². The molecule has 5 nitrogen and oxygen atoms in total. The number of rotatable bonds is 2. The van der Waals surface area contributed by atoms with Gasteiger partial charge in [-0.05, 0) is 17.9 Å². The molecule has 1 rings (SSSR count). The Balaban J connectivity index is 3.49. The zero-order valence-corrected chi connectivity index (χ0v) is 8.41. The predicted molar refractivity (Wildman–Crippen MR) is 48.9 cm³/mol. The maximum Gasteiger partial charge on any atom is 0.251 e. The summed E-state index contributed by atoms with van der Waals surface area (Å²) in [6, 6.07) is 0. The molecule has 0 unspecified atom stereocenters. The zero-order valence-electron chi connectivity index (χ0n) is 6.77. The van der Waals surface area contributed by atoms with Crippen molar-refractivity contribution in [2.45, 2.75) is 11.1 Å². The number of primary amides is 1. The molecule has 0 bridgehead atoms. The van der Waals surface area contributed by atoms with Gasteiger partial charge in [0, 0.05) is 0 Å². The van der Waals surface area contributed by atoms with E-state index in [4.69, 9.17) is 10.9 Å².